The maximum Gasteiger partial charge on any atom is 0.226 e. The van der Waals surface area contributed by atoms with Crippen LogP contribution in [0.4, 0.5) is 0 Å². The molecule has 22 heavy (non-hydrogen) atoms. The van der Waals surface area contributed by atoms with Crippen LogP contribution in [-0.4, -0.2) is 54.0 Å². The van der Waals surface area contributed by atoms with Crippen molar-refractivity contribution in [3.8, 4) is 0 Å². The lowest BCUT2D eigenvalue weighted by molar-refractivity contribution is -0.136. The Morgan fingerprint density at radius 2 is 1.68 bits per heavy atom. The molecule has 6 heteroatoms. The highest BCUT2D eigenvalue weighted by Gasteiger charge is 2.36. The Kier molecular flexibility index (Phi) is 8.47. The first kappa shape index (κ1) is 20.0. The lowest BCUT2D eigenvalue weighted by Gasteiger charge is -2.34. The summed E-state index contributed by atoms with van der Waals surface area (Å²) in [5, 5.41) is 0. The highest BCUT2D eigenvalue weighted by atomic mass is 35.5. The van der Waals surface area contributed by atoms with Crippen LogP contribution in [0.25, 0.3) is 0 Å². The van der Waals surface area contributed by atoms with Crippen molar-refractivity contribution in [3.05, 3.63) is 0 Å². The van der Waals surface area contributed by atoms with Crippen LogP contribution in [0, 0.1) is 5.92 Å². The zero-order valence-corrected chi connectivity index (χ0v) is 15.0. The first-order chi connectivity index (χ1) is 9.74. The molecule has 1 amide bonds. The molecule has 2 saturated heterocycles. The summed E-state index contributed by atoms with van der Waals surface area (Å²) in [6, 6.07) is 0.726. The maximum atomic E-state index is 12.7. The normalized spacial score (nSPS) is 32.4. The minimum absolute atomic E-state index is 0. The van der Waals surface area contributed by atoms with E-state index in [4.69, 9.17) is 5.73 Å². The van der Waals surface area contributed by atoms with Crippen molar-refractivity contribution in [3.63, 3.8) is 0 Å². The summed E-state index contributed by atoms with van der Waals surface area (Å²) in [5.74, 6) is 0.615. The number of nitrogens with zero attached hydrogens (tertiary/aromatic N) is 2. The number of hydrogen-bond donors (Lipinski definition) is 1. The van der Waals surface area contributed by atoms with Gasteiger partial charge < -0.3 is 15.5 Å². The number of carbonyl (C=O) groups excluding carboxylic acids is 1. The van der Waals surface area contributed by atoms with Gasteiger partial charge in [-0.25, -0.2) is 0 Å². The number of carbonyl (C=O) groups is 1. The molecule has 0 bridgehead atoms. The Balaban J connectivity index is 0.00000121. The maximum absolute atomic E-state index is 12.7. The van der Waals surface area contributed by atoms with Crippen LogP contribution < -0.4 is 5.73 Å². The van der Waals surface area contributed by atoms with Gasteiger partial charge in [0.05, 0.1) is 0 Å². The zero-order valence-electron chi connectivity index (χ0n) is 13.4. The van der Waals surface area contributed by atoms with Crippen molar-refractivity contribution in [1.82, 2.24) is 9.80 Å². The van der Waals surface area contributed by atoms with Gasteiger partial charge in [0.2, 0.25) is 5.91 Å². The number of nitrogens with two attached hydrogens (primary N) is 1. The molecular formula is C16H31Cl2N3O. The molecule has 0 aromatic rings. The van der Waals surface area contributed by atoms with Gasteiger partial charge in [0.15, 0.2) is 0 Å². The van der Waals surface area contributed by atoms with E-state index in [2.05, 4.69) is 9.80 Å². The number of hydrogen-bond acceptors (Lipinski definition) is 3. The summed E-state index contributed by atoms with van der Waals surface area (Å²) in [6.07, 6.45) is 9.36. The van der Waals surface area contributed by atoms with Crippen molar-refractivity contribution < 1.29 is 4.79 Å². The third-order valence-electron chi connectivity index (χ3n) is 5.40. The SMILES string of the molecule is Cl.Cl.NC1CCC(C(=O)N2CCCC2CN2CCCCC2)C1. The molecule has 2 N–H and O–H groups in total. The fourth-order valence-corrected chi connectivity index (χ4v) is 4.23. The average molecular weight is 352 g/mol. The van der Waals surface area contributed by atoms with Crippen LogP contribution in [0.3, 0.4) is 0 Å². The highest BCUT2D eigenvalue weighted by Crippen LogP contribution is 2.29. The third-order valence-corrected chi connectivity index (χ3v) is 5.40. The molecule has 3 fully saturated rings. The summed E-state index contributed by atoms with van der Waals surface area (Å²) < 4.78 is 0. The van der Waals surface area contributed by atoms with E-state index in [0.717, 1.165) is 32.4 Å². The Labute approximate surface area is 147 Å². The van der Waals surface area contributed by atoms with E-state index in [1.54, 1.807) is 0 Å². The van der Waals surface area contributed by atoms with Crippen molar-refractivity contribution in [2.24, 2.45) is 11.7 Å². The number of amides is 1. The second kappa shape index (κ2) is 9.31. The summed E-state index contributed by atoms with van der Waals surface area (Å²) >= 11 is 0. The second-order valence-electron chi connectivity index (χ2n) is 6.96. The first-order valence-corrected chi connectivity index (χ1v) is 8.52. The highest BCUT2D eigenvalue weighted by molar-refractivity contribution is 5.85. The molecular weight excluding hydrogens is 321 g/mol. The van der Waals surface area contributed by atoms with Gasteiger partial charge in [0, 0.05) is 31.1 Å². The molecule has 3 aliphatic rings. The van der Waals surface area contributed by atoms with Crippen LogP contribution in [0.1, 0.15) is 51.4 Å². The van der Waals surface area contributed by atoms with E-state index in [0.29, 0.717) is 11.9 Å². The Hall–Kier alpha value is -0.0300. The van der Waals surface area contributed by atoms with Crippen molar-refractivity contribution >= 4 is 30.7 Å². The minimum atomic E-state index is 0. The van der Waals surface area contributed by atoms with Crippen molar-refractivity contribution in [2.45, 2.75) is 63.5 Å². The summed E-state index contributed by atoms with van der Waals surface area (Å²) in [5.41, 5.74) is 5.97. The van der Waals surface area contributed by atoms with Gasteiger partial charge in [-0.3, -0.25) is 4.79 Å². The molecule has 3 rings (SSSR count). The van der Waals surface area contributed by atoms with Crippen LogP contribution in [0.15, 0.2) is 0 Å². The second-order valence-corrected chi connectivity index (χ2v) is 6.96. The van der Waals surface area contributed by atoms with Crippen molar-refractivity contribution in [1.29, 1.82) is 0 Å². The molecule has 2 heterocycles. The minimum Gasteiger partial charge on any atom is -0.338 e. The number of likely N-dealkylation sites (tertiary alicyclic amines) is 2. The molecule has 3 unspecified atom stereocenters. The quantitative estimate of drug-likeness (QED) is 0.849. The standard InChI is InChI=1S/C16H29N3O.2ClH/c17-14-7-6-13(11-14)16(20)19-10-4-5-15(19)12-18-8-2-1-3-9-18;;/h13-15H,1-12,17H2;2*1H. The number of piperidine rings is 1. The van der Waals surface area contributed by atoms with E-state index in [1.165, 1.54) is 45.2 Å². The molecule has 2 aliphatic heterocycles. The molecule has 0 radical (unpaired) electrons. The van der Waals surface area contributed by atoms with Crippen molar-refractivity contribution in [2.75, 3.05) is 26.2 Å². The summed E-state index contributed by atoms with van der Waals surface area (Å²) in [4.78, 5) is 17.5. The predicted molar refractivity (Wildman–Crippen MR) is 94.8 cm³/mol. The van der Waals surface area contributed by atoms with Gasteiger partial charge in [-0.1, -0.05) is 6.42 Å². The smallest absolute Gasteiger partial charge is 0.226 e. The molecule has 0 aromatic carbocycles. The monoisotopic (exact) mass is 351 g/mol. The molecule has 1 saturated carbocycles. The molecule has 4 nitrogen and oxygen atoms in total. The van der Waals surface area contributed by atoms with Gasteiger partial charge in [-0.05, 0) is 58.0 Å². The average Bonchev–Trinajstić information content (AvgIpc) is 3.08. The predicted octanol–water partition coefficient (Wildman–Crippen LogP) is 2.43. The van der Waals surface area contributed by atoms with Gasteiger partial charge >= 0.3 is 0 Å². The van der Waals surface area contributed by atoms with Crippen LogP contribution >= 0.6 is 24.8 Å². The van der Waals surface area contributed by atoms with Gasteiger partial charge in [-0.2, -0.15) is 0 Å². The molecule has 130 valence electrons. The van der Waals surface area contributed by atoms with E-state index < -0.39 is 0 Å². The Morgan fingerprint density at radius 1 is 0.955 bits per heavy atom. The zero-order chi connectivity index (χ0) is 13.9. The van der Waals surface area contributed by atoms with Gasteiger partial charge in [0.25, 0.3) is 0 Å². The molecule has 1 aliphatic carbocycles. The van der Waals surface area contributed by atoms with E-state index in [-0.39, 0.29) is 36.8 Å². The fourth-order valence-electron chi connectivity index (χ4n) is 4.23. The fraction of sp³-hybridized carbons (Fsp3) is 0.938. The lowest BCUT2D eigenvalue weighted by Crippen LogP contribution is -2.46. The molecule has 0 spiro atoms. The van der Waals surface area contributed by atoms with Crippen LogP contribution in [0.2, 0.25) is 0 Å². The summed E-state index contributed by atoms with van der Waals surface area (Å²) in [6.45, 7) is 4.53. The van der Waals surface area contributed by atoms with Gasteiger partial charge in [-0.15, -0.1) is 24.8 Å². The first-order valence-electron chi connectivity index (χ1n) is 8.52. The van der Waals surface area contributed by atoms with E-state index in [1.807, 2.05) is 0 Å². The van der Waals surface area contributed by atoms with Crippen LogP contribution in [0.5, 0.6) is 0 Å². The largest absolute Gasteiger partial charge is 0.338 e. The van der Waals surface area contributed by atoms with Gasteiger partial charge in [0.1, 0.15) is 0 Å². The molecule has 3 atom stereocenters. The summed E-state index contributed by atoms with van der Waals surface area (Å²) in [7, 11) is 0. The molecule has 0 aromatic heterocycles. The number of halogens is 2. The van der Waals surface area contributed by atoms with E-state index in [9.17, 15) is 4.79 Å². The Morgan fingerprint density at radius 3 is 2.32 bits per heavy atom. The van der Waals surface area contributed by atoms with E-state index >= 15 is 0 Å². The van der Waals surface area contributed by atoms with Crippen LogP contribution in [-0.2, 0) is 4.79 Å². The lowest BCUT2D eigenvalue weighted by atomic mass is 10.0. The topological polar surface area (TPSA) is 49.6 Å². The number of rotatable bonds is 3. The third kappa shape index (κ3) is 4.73. The Bertz CT molecular complexity index is 350.